The fourth-order valence-corrected chi connectivity index (χ4v) is 4.16. The third kappa shape index (κ3) is 4.57. The van der Waals surface area contributed by atoms with Crippen LogP contribution in [0.4, 0.5) is 14.5 Å². The van der Waals surface area contributed by atoms with Crippen molar-refractivity contribution in [2.24, 2.45) is 0 Å². The van der Waals surface area contributed by atoms with Crippen LogP contribution in [0.2, 0.25) is 0 Å². The van der Waals surface area contributed by atoms with Gasteiger partial charge < -0.3 is 15.1 Å². The average Bonchev–Trinajstić information content (AvgIpc) is 3.29. The Morgan fingerprint density at radius 1 is 0.935 bits per heavy atom. The van der Waals surface area contributed by atoms with Crippen LogP contribution >= 0.6 is 0 Å². The fourth-order valence-electron chi connectivity index (χ4n) is 4.16. The van der Waals surface area contributed by atoms with E-state index in [9.17, 15) is 23.2 Å². The molecule has 2 aromatic carbocycles. The molecule has 6 nitrogen and oxygen atoms in total. The normalized spacial score (nSPS) is 17.4. The number of nitrogens with one attached hydrogen (secondary N) is 1. The lowest BCUT2D eigenvalue weighted by molar-refractivity contribution is -0.158. The zero-order valence-electron chi connectivity index (χ0n) is 16.9. The monoisotopic (exact) mass is 427 g/mol. The van der Waals surface area contributed by atoms with E-state index in [0.29, 0.717) is 18.7 Å². The van der Waals surface area contributed by atoms with Gasteiger partial charge in [-0.15, -0.1) is 0 Å². The number of hydrogen-bond acceptors (Lipinski definition) is 3. The Morgan fingerprint density at radius 2 is 1.65 bits per heavy atom. The highest BCUT2D eigenvalue weighted by atomic mass is 19.2. The van der Waals surface area contributed by atoms with Gasteiger partial charge in [0.15, 0.2) is 11.6 Å². The smallest absolute Gasteiger partial charge is 0.312 e. The average molecular weight is 427 g/mol. The molecule has 0 radical (unpaired) electrons. The Kier molecular flexibility index (Phi) is 5.97. The Labute approximate surface area is 178 Å². The largest absolute Gasteiger partial charge is 0.330 e. The molecule has 3 amide bonds. The van der Waals surface area contributed by atoms with Crippen molar-refractivity contribution in [2.45, 2.75) is 38.3 Å². The zero-order chi connectivity index (χ0) is 22.0. The van der Waals surface area contributed by atoms with Crippen molar-refractivity contribution in [3.63, 3.8) is 0 Å². The lowest BCUT2D eigenvalue weighted by Gasteiger charge is -2.37. The van der Waals surface area contributed by atoms with Gasteiger partial charge in [0.1, 0.15) is 0 Å². The molecule has 1 aliphatic carbocycles. The maximum Gasteiger partial charge on any atom is 0.312 e. The minimum absolute atomic E-state index is 0.150. The Hall–Kier alpha value is -3.29. The van der Waals surface area contributed by atoms with Gasteiger partial charge in [-0.25, -0.2) is 8.78 Å². The van der Waals surface area contributed by atoms with E-state index in [1.807, 2.05) is 0 Å². The third-order valence-electron chi connectivity index (χ3n) is 5.87. The number of nitrogens with zero attached hydrogens (tertiary/aromatic N) is 2. The summed E-state index contributed by atoms with van der Waals surface area (Å²) in [5.74, 6) is -3.41. The maximum absolute atomic E-state index is 13.3. The second-order valence-electron chi connectivity index (χ2n) is 7.94. The molecule has 162 valence electrons. The summed E-state index contributed by atoms with van der Waals surface area (Å²) >= 11 is 0. The Morgan fingerprint density at radius 3 is 2.32 bits per heavy atom. The molecule has 4 rings (SSSR count). The summed E-state index contributed by atoms with van der Waals surface area (Å²) in [4.78, 5) is 40.6. The van der Waals surface area contributed by atoms with Gasteiger partial charge in [0, 0.05) is 43.0 Å². The Balaban J connectivity index is 1.36. The molecule has 0 unspecified atom stereocenters. The first-order chi connectivity index (χ1) is 14.9. The van der Waals surface area contributed by atoms with Gasteiger partial charge in [0.25, 0.3) is 5.91 Å². The minimum Gasteiger partial charge on any atom is -0.330 e. The summed E-state index contributed by atoms with van der Waals surface area (Å²) in [5.41, 5.74) is 1.28. The number of anilines is 1. The van der Waals surface area contributed by atoms with E-state index < -0.39 is 29.4 Å². The fraction of sp³-hybridized carbons (Fsp3) is 0.348. The molecule has 1 aliphatic heterocycles. The first kappa shape index (κ1) is 21.0. The first-order valence-corrected chi connectivity index (χ1v) is 10.4. The van der Waals surface area contributed by atoms with E-state index in [1.165, 1.54) is 11.0 Å². The standard InChI is InChI=1S/C23H23F2N3O3/c24-19-10-9-17(13-20(19)25)26-21(29)16-7-5-15(6-8-16)14-27-11-12-28(23(31)22(27)30)18-3-1-2-4-18/h5-10,13,18H,1-4,11-12,14H2,(H,26,29). The lowest BCUT2D eigenvalue weighted by atomic mass is 10.1. The molecule has 0 spiro atoms. The van der Waals surface area contributed by atoms with Crippen molar-refractivity contribution in [1.29, 1.82) is 0 Å². The number of carbonyl (C=O) groups excluding carboxylic acids is 3. The molecule has 1 N–H and O–H groups in total. The predicted octanol–water partition coefficient (Wildman–Crippen LogP) is 3.33. The van der Waals surface area contributed by atoms with E-state index in [1.54, 1.807) is 29.2 Å². The highest BCUT2D eigenvalue weighted by Crippen LogP contribution is 2.25. The summed E-state index contributed by atoms with van der Waals surface area (Å²) in [5, 5.41) is 2.51. The molecule has 8 heteroatoms. The highest BCUT2D eigenvalue weighted by molar-refractivity contribution is 6.35. The molecule has 2 aliphatic rings. The van der Waals surface area contributed by atoms with Gasteiger partial charge in [-0.2, -0.15) is 0 Å². The van der Waals surface area contributed by atoms with Gasteiger partial charge in [-0.3, -0.25) is 14.4 Å². The van der Waals surface area contributed by atoms with Crippen molar-refractivity contribution in [3.05, 3.63) is 65.2 Å². The molecule has 0 aromatic heterocycles. The van der Waals surface area contributed by atoms with Crippen LogP contribution in [0.5, 0.6) is 0 Å². The van der Waals surface area contributed by atoms with Crippen molar-refractivity contribution < 1.29 is 23.2 Å². The molecule has 1 heterocycles. The van der Waals surface area contributed by atoms with Crippen molar-refractivity contribution in [1.82, 2.24) is 9.80 Å². The molecule has 2 fully saturated rings. The summed E-state index contributed by atoms with van der Waals surface area (Å²) < 4.78 is 26.3. The van der Waals surface area contributed by atoms with Gasteiger partial charge >= 0.3 is 11.8 Å². The molecule has 0 atom stereocenters. The van der Waals surface area contributed by atoms with Crippen LogP contribution in [0.3, 0.4) is 0 Å². The molecule has 31 heavy (non-hydrogen) atoms. The number of rotatable bonds is 5. The number of piperazine rings is 1. The summed E-state index contributed by atoms with van der Waals surface area (Å²) in [6.07, 6.45) is 4.13. The number of halogens is 2. The van der Waals surface area contributed by atoms with E-state index in [-0.39, 0.29) is 18.3 Å². The van der Waals surface area contributed by atoms with Gasteiger partial charge in [0.2, 0.25) is 0 Å². The van der Waals surface area contributed by atoms with Crippen LogP contribution in [0.25, 0.3) is 0 Å². The summed E-state index contributed by atoms with van der Waals surface area (Å²) in [7, 11) is 0. The van der Waals surface area contributed by atoms with Gasteiger partial charge in [0.05, 0.1) is 0 Å². The van der Waals surface area contributed by atoms with Crippen molar-refractivity contribution in [2.75, 3.05) is 18.4 Å². The highest BCUT2D eigenvalue weighted by Gasteiger charge is 2.37. The van der Waals surface area contributed by atoms with Crippen LogP contribution in [-0.2, 0) is 16.1 Å². The minimum atomic E-state index is -1.04. The first-order valence-electron chi connectivity index (χ1n) is 10.4. The number of amides is 3. The van der Waals surface area contributed by atoms with Crippen LogP contribution in [-0.4, -0.2) is 46.7 Å². The van der Waals surface area contributed by atoms with E-state index in [2.05, 4.69) is 5.32 Å². The Bertz CT molecular complexity index is 1000. The van der Waals surface area contributed by atoms with Crippen molar-refractivity contribution >= 4 is 23.4 Å². The van der Waals surface area contributed by atoms with Crippen LogP contribution in [0, 0.1) is 11.6 Å². The van der Waals surface area contributed by atoms with Crippen LogP contribution in [0.15, 0.2) is 42.5 Å². The number of hydrogen-bond donors (Lipinski definition) is 1. The van der Waals surface area contributed by atoms with Gasteiger partial charge in [-0.05, 0) is 42.7 Å². The quantitative estimate of drug-likeness (QED) is 0.745. The third-order valence-corrected chi connectivity index (χ3v) is 5.87. The summed E-state index contributed by atoms with van der Waals surface area (Å²) in [6, 6.07) is 9.91. The van der Waals surface area contributed by atoms with Crippen LogP contribution < -0.4 is 5.32 Å². The van der Waals surface area contributed by atoms with E-state index in [0.717, 1.165) is 43.4 Å². The maximum atomic E-state index is 13.3. The molecule has 1 saturated carbocycles. The molecular weight excluding hydrogens is 404 g/mol. The topological polar surface area (TPSA) is 69.7 Å². The SMILES string of the molecule is O=C(Nc1ccc(F)c(F)c1)c1ccc(CN2CCN(C3CCCC3)C(=O)C2=O)cc1. The predicted molar refractivity (Wildman–Crippen MR) is 110 cm³/mol. The van der Waals surface area contributed by atoms with E-state index in [4.69, 9.17) is 0 Å². The van der Waals surface area contributed by atoms with Crippen LogP contribution in [0.1, 0.15) is 41.6 Å². The molecule has 2 aromatic rings. The second kappa shape index (κ2) is 8.83. The number of benzene rings is 2. The van der Waals surface area contributed by atoms with Gasteiger partial charge in [-0.1, -0.05) is 25.0 Å². The number of carbonyl (C=O) groups is 3. The molecule has 1 saturated heterocycles. The van der Waals surface area contributed by atoms with E-state index >= 15 is 0 Å². The van der Waals surface area contributed by atoms with Crippen molar-refractivity contribution in [3.8, 4) is 0 Å². The lowest BCUT2D eigenvalue weighted by Crippen LogP contribution is -2.56. The second-order valence-corrected chi connectivity index (χ2v) is 7.94. The summed E-state index contributed by atoms with van der Waals surface area (Å²) in [6.45, 7) is 1.32. The molecular formula is C23H23F2N3O3. The molecule has 0 bridgehead atoms. The zero-order valence-corrected chi connectivity index (χ0v) is 16.9.